The van der Waals surface area contributed by atoms with Crippen molar-refractivity contribution in [3.05, 3.63) is 29.3 Å². The summed E-state index contributed by atoms with van der Waals surface area (Å²) in [4.78, 5) is 25.1. The molecule has 0 radical (unpaired) electrons. The highest BCUT2D eigenvalue weighted by atomic mass is 16.4. The van der Waals surface area contributed by atoms with Gasteiger partial charge in [0.15, 0.2) is 0 Å². The highest BCUT2D eigenvalue weighted by Crippen LogP contribution is 2.30. The van der Waals surface area contributed by atoms with Gasteiger partial charge in [0.25, 0.3) is 5.91 Å². The van der Waals surface area contributed by atoms with Crippen LogP contribution in [0.1, 0.15) is 41.6 Å². The lowest BCUT2D eigenvalue weighted by Gasteiger charge is -2.23. The maximum absolute atomic E-state index is 12.6. The topological polar surface area (TPSA) is 69.6 Å². The first-order valence-electron chi connectivity index (χ1n) is 7.55. The Labute approximate surface area is 123 Å². The molecule has 1 fully saturated rings. The number of hydrogen-bond acceptors (Lipinski definition) is 3. The summed E-state index contributed by atoms with van der Waals surface area (Å²) < 4.78 is 0. The van der Waals surface area contributed by atoms with E-state index in [0.29, 0.717) is 12.1 Å². The summed E-state index contributed by atoms with van der Waals surface area (Å²) in [7, 11) is 0. The zero-order valence-electron chi connectivity index (χ0n) is 12.0. The molecule has 2 N–H and O–H groups in total. The molecule has 1 amide bonds. The van der Waals surface area contributed by atoms with Crippen LogP contribution in [-0.4, -0.2) is 41.0 Å². The molecular formula is C16H20N2O3. The van der Waals surface area contributed by atoms with Gasteiger partial charge in [-0.3, -0.25) is 9.59 Å². The van der Waals surface area contributed by atoms with Crippen LogP contribution in [0.25, 0.3) is 0 Å². The lowest BCUT2D eigenvalue weighted by molar-refractivity contribution is -0.137. The van der Waals surface area contributed by atoms with Crippen LogP contribution >= 0.6 is 0 Å². The van der Waals surface area contributed by atoms with Crippen LogP contribution < -0.4 is 5.32 Å². The molecule has 0 bridgehead atoms. The number of aryl methyl sites for hydroxylation is 1. The summed E-state index contributed by atoms with van der Waals surface area (Å²) in [5, 5.41) is 12.2. The first-order valence-corrected chi connectivity index (χ1v) is 7.55. The molecule has 2 aliphatic rings. The third-order valence-corrected chi connectivity index (χ3v) is 4.11. The fourth-order valence-electron chi connectivity index (χ4n) is 2.83. The van der Waals surface area contributed by atoms with E-state index in [1.165, 1.54) is 5.56 Å². The predicted molar refractivity (Wildman–Crippen MR) is 79.6 cm³/mol. The minimum Gasteiger partial charge on any atom is -0.481 e. The number of fused-ring (bicyclic) bond motifs is 1. The van der Waals surface area contributed by atoms with Crippen LogP contribution in [0.2, 0.25) is 0 Å². The van der Waals surface area contributed by atoms with E-state index in [0.717, 1.165) is 37.9 Å². The predicted octanol–water partition coefficient (Wildman–Crippen LogP) is 2.12. The Kier molecular flexibility index (Phi) is 3.82. The molecule has 1 aliphatic heterocycles. The number of anilines is 1. The van der Waals surface area contributed by atoms with Crippen LogP contribution in [0.4, 0.5) is 5.69 Å². The third kappa shape index (κ3) is 3.17. The zero-order chi connectivity index (χ0) is 14.8. The van der Waals surface area contributed by atoms with Crippen molar-refractivity contribution < 1.29 is 14.7 Å². The Morgan fingerprint density at radius 1 is 1.33 bits per heavy atom. The van der Waals surface area contributed by atoms with Gasteiger partial charge in [-0.15, -0.1) is 0 Å². The van der Waals surface area contributed by atoms with Crippen molar-refractivity contribution in [3.63, 3.8) is 0 Å². The van der Waals surface area contributed by atoms with E-state index in [2.05, 4.69) is 5.32 Å². The van der Waals surface area contributed by atoms with Gasteiger partial charge in [0, 0.05) is 30.4 Å². The number of nitrogens with zero attached hydrogens (tertiary/aromatic N) is 1. The Morgan fingerprint density at radius 3 is 2.86 bits per heavy atom. The highest BCUT2D eigenvalue weighted by molar-refractivity contribution is 5.95. The van der Waals surface area contributed by atoms with Gasteiger partial charge in [0.05, 0.1) is 6.42 Å². The number of carboxylic acid groups (broad SMARTS) is 1. The minimum absolute atomic E-state index is 0.00867. The summed E-state index contributed by atoms with van der Waals surface area (Å²) in [5.74, 6) is -0.893. The molecule has 3 rings (SSSR count). The average Bonchev–Trinajstić information content (AvgIpc) is 3.31. The van der Waals surface area contributed by atoms with E-state index in [-0.39, 0.29) is 18.4 Å². The molecule has 1 saturated carbocycles. The van der Waals surface area contributed by atoms with Crippen molar-refractivity contribution in [1.82, 2.24) is 4.90 Å². The molecule has 1 aromatic rings. The number of benzene rings is 1. The van der Waals surface area contributed by atoms with Crippen molar-refractivity contribution in [1.29, 1.82) is 0 Å². The maximum Gasteiger partial charge on any atom is 0.305 e. The largest absolute Gasteiger partial charge is 0.481 e. The molecule has 5 nitrogen and oxygen atoms in total. The van der Waals surface area contributed by atoms with Crippen molar-refractivity contribution in [2.24, 2.45) is 0 Å². The van der Waals surface area contributed by atoms with Crippen LogP contribution in [0, 0.1) is 0 Å². The van der Waals surface area contributed by atoms with Gasteiger partial charge in [-0.05, 0) is 49.4 Å². The number of hydrogen-bond donors (Lipinski definition) is 2. The fourth-order valence-corrected chi connectivity index (χ4v) is 2.83. The summed E-state index contributed by atoms with van der Waals surface area (Å²) >= 11 is 0. The number of nitrogens with one attached hydrogen (secondary N) is 1. The van der Waals surface area contributed by atoms with E-state index >= 15 is 0 Å². The lowest BCUT2D eigenvalue weighted by Crippen LogP contribution is -2.35. The molecule has 0 atom stereocenters. The molecule has 0 unspecified atom stereocenters. The zero-order valence-corrected chi connectivity index (χ0v) is 12.0. The van der Waals surface area contributed by atoms with E-state index in [1.54, 1.807) is 4.90 Å². The Morgan fingerprint density at radius 2 is 2.14 bits per heavy atom. The van der Waals surface area contributed by atoms with Crippen molar-refractivity contribution in [2.45, 2.75) is 38.1 Å². The third-order valence-electron chi connectivity index (χ3n) is 4.11. The first-order chi connectivity index (χ1) is 10.1. The number of carboxylic acids is 1. The average molecular weight is 288 g/mol. The number of aliphatic carboxylic acids is 1. The lowest BCUT2D eigenvalue weighted by atomic mass is 10.0. The smallest absolute Gasteiger partial charge is 0.305 e. The molecule has 0 saturated heterocycles. The number of carbonyl (C=O) groups excluding carboxylic acids is 1. The number of amides is 1. The minimum atomic E-state index is -0.858. The first kappa shape index (κ1) is 13.9. The molecule has 112 valence electrons. The second-order valence-electron chi connectivity index (χ2n) is 5.78. The fraction of sp³-hybridized carbons (Fsp3) is 0.500. The maximum atomic E-state index is 12.6. The Balaban J connectivity index is 1.77. The van der Waals surface area contributed by atoms with Gasteiger partial charge < -0.3 is 15.3 Å². The molecular weight excluding hydrogens is 268 g/mol. The molecule has 0 spiro atoms. The van der Waals surface area contributed by atoms with E-state index < -0.39 is 5.97 Å². The standard InChI is InChI=1S/C16H20N2O3/c19-15(20)7-9-18(13-4-5-13)16(21)12-3-6-14-11(10-12)2-1-8-17-14/h3,6,10,13,17H,1-2,4-5,7-9H2,(H,19,20). The highest BCUT2D eigenvalue weighted by Gasteiger charge is 2.33. The van der Waals surface area contributed by atoms with Crippen LogP contribution in [0.3, 0.4) is 0 Å². The van der Waals surface area contributed by atoms with E-state index in [9.17, 15) is 9.59 Å². The second kappa shape index (κ2) is 5.76. The summed E-state index contributed by atoms with van der Waals surface area (Å²) in [6.45, 7) is 1.28. The molecule has 21 heavy (non-hydrogen) atoms. The van der Waals surface area contributed by atoms with Gasteiger partial charge in [-0.25, -0.2) is 0 Å². The van der Waals surface area contributed by atoms with Crippen LogP contribution in [-0.2, 0) is 11.2 Å². The van der Waals surface area contributed by atoms with E-state index in [4.69, 9.17) is 5.11 Å². The molecule has 0 aromatic heterocycles. The monoisotopic (exact) mass is 288 g/mol. The molecule has 1 aliphatic carbocycles. The van der Waals surface area contributed by atoms with Crippen LogP contribution in [0.5, 0.6) is 0 Å². The number of carbonyl (C=O) groups is 2. The Hall–Kier alpha value is -2.04. The molecule has 1 heterocycles. The SMILES string of the molecule is O=C(O)CCN(C(=O)c1ccc2c(c1)CCCN2)C1CC1. The van der Waals surface area contributed by atoms with Crippen molar-refractivity contribution in [2.75, 3.05) is 18.4 Å². The normalized spacial score (nSPS) is 16.8. The van der Waals surface area contributed by atoms with Gasteiger partial charge in [0.1, 0.15) is 0 Å². The quantitative estimate of drug-likeness (QED) is 0.870. The van der Waals surface area contributed by atoms with Crippen molar-refractivity contribution in [3.8, 4) is 0 Å². The molecule has 1 aromatic carbocycles. The summed E-state index contributed by atoms with van der Waals surface area (Å²) in [6.07, 6.45) is 4.04. The molecule has 5 heteroatoms. The van der Waals surface area contributed by atoms with Gasteiger partial charge in [0.2, 0.25) is 0 Å². The van der Waals surface area contributed by atoms with Crippen molar-refractivity contribution >= 4 is 17.6 Å². The van der Waals surface area contributed by atoms with E-state index in [1.807, 2.05) is 18.2 Å². The van der Waals surface area contributed by atoms with Gasteiger partial charge in [-0.1, -0.05) is 0 Å². The van der Waals surface area contributed by atoms with Gasteiger partial charge >= 0.3 is 5.97 Å². The van der Waals surface area contributed by atoms with Crippen LogP contribution in [0.15, 0.2) is 18.2 Å². The Bertz CT molecular complexity index is 567. The second-order valence-corrected chi connectivity index (χ2v) is 5.78. The van der Waals surface area contributed by atoms with Gasteiger partial charge in [-0.2, -0.15) is 0 Å². The summed E-state index contributed by atoms with van der Waals surface area (Å²) in [5.41, 5.74) is 2.97. The number of rotatable bonds is 5. The summed E-state index contributed by atoms with van der Waals surface area (Å²) in [6, 6.07) is 5.99.